The standard InChI is InChI=1S/C13H17O2.Re/c1-8(2)9-6-12(15)10(7-11(9)14)13(3,4)5;/h6,8H,1-5H3;/q-1;. The molecular weight excluding hydrogens is 374 g/mol. The van der Waals surface area contributed by atoms with Crippen molar-refractivity contribution in [3.63, 3.8) is 0 Å². The Morgan fingerprint density at radius 3 is 2.06 bits per heavy atom. The fraction of sp³-hybridized carbons (Fsp3) is 0.538. The molecule has 1 rings (SSSR count). The van der Waals surface area contributed by atoms with E-state index >= 15 is 0 Å². The Morgan fingerprint density at radius 2 is 1.69 bits per heavy atom. The van der Waals surface area contributed by atoms with E-state index in [1.165, 1.54) is 6.08 Å². The summed E-state index contributed by atoms with van der Waals surface area (Å²) in [5.41, 5.74) is 0.732. The fourth-order valence-electron chi connectivity index (χ4n) is 1.51. The summed E-state index contributed by atoms with van der Waals surface area (Å²) in [5.74, 6) is -0.143. The summed E-state index contributed by atoms with van der Waals surface area (Å²) < 4.78 is 0. The average molecular weight is 391 g/mol. The molecule has 1 radical (unpaired) electrons. The van der Waals surface area contributed by atoms with Gasteiger partial charge in [0.25, 0.3) is 0 Å². The molecule has 0 fully saturated rings. The minimum absolute atomic E-state index is 0. The summed E-state index contributed by atoms with van der Waals surface area (Å²) in [6, 6.07) is 0. The molecule has 0 bridgehead atoms. The molecule has 0 aromatic heterocycles. The third-order valence-electron chi connectivity index (χ3n) is 2.41. The van der Waals surface area contributed by atoms with E-state index in [1.54, 1.807) is 0 Å². The molecule has 2 nitrogen and oxygen atoms in total. The van der Waals surface area contributed by atoms with E-state index in [2.05, 4.69) is 6.08 Å². The van der Waals surface area contributed by atoms with Crippen LogP contribution in [0.15, 0.2) is 17.2 Å². The van der Waals surface area contributed by atoms with Crippen molar-refractivity contribution in [2.24, 2.45) is 11.3 Å². The number of Topliss-reactive ketones (excluding diaryl/α,β-unsaturated/α-hetero) is 1. The second kappa shape index (κ2) is 5.21. The van der Waals surface area contributed by atoms with Crippen LogP contribution in [0.25, 0.3) is 0 Å². The molecule has 0 aliphatic heterocycles. The van der Waals surface area contributed by atoms with Crippen LogP contribution in [-0.2, 0) is 30.0 Å². The number of allylic oxidation sites excluding steroid dienone is 4. The van der Waals surface area contributed by atoms with Gasteiger partial charge in [-0.3, -0.25) is 0 Å². The SMILES string of the molecule is CC(C)C1=CC(=O)C(C(C)(C)C)=[C-]C1=O.[Re]. The summed E-state index contributed by atoms with van der Waals surface area (Å²) in [6.45, 7) is 9.54. The van der Waals surface area contributed by atoms with Gasteiger partial charge in [0.2, 0.25) is 0 Å². The number of carbonyl (C=O) groups is 2. The maximum atomic E-state index is 11.8. The van der Waals surface area contributed by atoms with Crippen molar-refractivity contribution in [1.82, 2.24) is 0 Å². The first kappa shape index (κ1) is 15.5. The molecule has 0 spiro atoms. The first-order chi connectivity index (χ1) is 6.73. The number of hydrogen-bond donors (Lipinski definition) is 0. The van der Waals surface area contributed by atoms with Gasteiger partial charge in [0, 0.05) is 20.4 Å². The Bertz CT molecular complexity index is 368. The number of carbonyl (C=O) groups excluding carboxylic acids is 2. The van der Waals surface area contributed by atoms with Gasteiger partial charge in [0.15, 0.2) is 0 Å². The van der Waals surface area contributed by atoms with E-state index < -0.39 is 0 Å². The van der Waals surface area contributed by atoms with E-state index in [0.717, 1.165) is 0 Å². The second-order valence-electron chi connectivity index (χ2n) is 5.20. The van der Waals surface area contributed by atoms with Gasteiger partial charge in [-0.05, 0) is 5.41 Å². The van der Waals surface area contributed by atoms with Crippen LogP contribution in [0, 0.1) is 17.4 Å². The van der Waals surface area contributed by atoms with Gasteiger partial charge < -0.3 is 9.59 Å². The third kappa shape index (κ3) is 3.24. The van der Waals surface area contributed by atoms with Crippen LogP contribution in [0.5, 0.6) is 0 Å². The van der Waals surface area contributed by atoms with Crippen LogP contribution in [0.3, 0.4) is 0 Å². The first-order valence-corrected chi connectivity index (χ1v) is 5.18. The third-order valence-corrected chi connectivity index (χ3v) is 2.41. The summed E-state index contributed by atoms with van der Waals surface area (Å²) >= 11 is 0. The quantitative estimate of drug-likeness (QED) is 0.508. The van der Waals surface area contributed by atoms with Crippen molar-refractivity contribution in [3.05, 3.63) is 23.3 Å². The fourth-order valence-corrected chi connectivity index (χ4v) is 1.51. The molecule has 1 aliphatic rings. The number of rotatable bonds is 1. The van der Waals surface area contributed by atoms with Crippen molar-refractivity contribution >= 4 is 11.6 Å². The minimum atomic E-state index is -0.314. The summed E-state index contributed by atoms with van der Waals surface area (Å²) in [5, 5.41) is 0. The smallest absolute Gasteiger partial charge is 0.0713 e. The molecule has 0 aromatic rings. The monoisotopic (exact) mass is 392 g/mol. The van der Waals surface area contributed by atoms with Gasteiger partial charge in [0.05, 0.1) is 11.6 Å². The Hall–Kier alpha value is -0.518. The zero-order valence-electron chi connectivity index (χ0n) is 10.3. The molecular formula is C13H17O2Re-. The minimum Gasteiger partial charge on any atom is -0.366 e. The van der Waals surface area contributed by atoms with Crippen molar-refractivity contribution < 1.29 is 30.0 Å². The maximum absolute atomic E-state index is 11.8. The second-order valence-corrected chi connectivity index (χ2v) is 5.20. The maximum Gasteiger partial charge on any atom is 0.0713 e. The molecule has 3 heteroatoms. The largest absolute Gasteiger partial charge is 0.366 e. The van der Waals surface area contributed by atoms with E-state index in [4.69, 9.17) is 0 Å². The zero-order valence-corrected chi connectivity index (χ0v) is 13.1. The normalized spacial score (nSPS) is 16.9. The van der Waals surface area contributed by atoms with Gasteiger partial charge >= 0.3 is 0 Å². The molecule has 0 aromatic carbocycles. The van der Waals surface area contributed by atoms with E-state index in [9.17, 15) is 9.59 Å². The topological polar surface area (TPSA) is 34.1 Å². The van der Waals surface area contributed by atoms with Crippen LogP contribution in [-0.4, -0.2) is 11.6 Å². The van der Waals surface area contributed by atoms with Crippen LogP contribution < -0.4 is 0 Å². The molecule has 16 heavy (non-hydrogen) atoms. The van der Waals surface area contributed by atoms with Gasteiger partial charge in [-0.25, -0.2) is 0 Å². The van der Waals surface area contributed by atoms with E-state index in [-0.39, 0.29) is 43.3 Å². The first-order valence-electron chi connectivity index (χ1n) is 5.18. The Morgan fingerprint density at radius 1 is 1.19 bits per heavy atom. The van der Waals surface area contributed by atoms with Gasteiger partial charge in [-0.15, -0.1) is 23.3 Å². The van der Waals surface area contributed by atoms with Crippen molar-refractivity contribution in [2.75, 3.05) is 0 Å². The molecule has 0 amide bonds. The molecule has 1 aliphatic carbocycles. The average Bonchev–Trinajstić information content (AvgIpc) is 2.06. The number of ketones is 2. The Balaban J connectivity index is 0.00000225. The molecule has 0 atom stereocenters. The zero-order chi connectivity index (χ0) is 11.8. The van der Waals surface area contributed by atoms with E-state index in [0.29, 0.717) is 11.1 Å². The van der Waals surface area contributed by atoms with Crippen molar-refractivity contribution in [2.45, 2.75) is 34.6 Å². The summed E-state index contributed by atoms with van der Waals surface area (Å²) in [4.78, 5) is 23.5. The summed E-state index contributed by atoms with van der Waals surface area (Å²) in [7, 11) is 0. The molecule has 0 heterocycles. The predicted molar refractivity (Wildman–Crippen MR) is 59.1 cm³/mol. The molecule has 0 N–H and O–H groups in total. The van der Waals surface area contributed by atoms with Crippen LogP contribution in [0.4, 0.5) is 0 Å². The Labute approximate surface area is 111 Å². The molecule has 0 unspecified atom stereocenters. The van der Waals surface area contributed by atoms with Gasteiger partial charge in [0.1, 0.15) is 0 Å². The molecule has 0 saturated heterocycles. The summed E-state index contributed by atoms with van der Waals surface area (Å²) in [6.07, 6.45) is 4.16. The van der Waals surface area contributed by atoms with Crippen LogP contribution in [0.1, 0.15) is 34.6 Å². The van der Waals surface area contributed by atoms with Gasteiger partial charge in [-0.2, -0.15) is 0 Å². The van der Waals surface area contributed by atoms with Crippen molar-refractivity contribution in [1.29, 1.82) is 0 Å². The molecule has 0 saturated carbocycles. The van der Waals surface area contributed by atoms with Gasteiger partial charge in [-0.1, -0.05) is 40.5 Å². The van der Waals surface area contributed by atoms with Crippen LogP contribution >= 0.6 is 0 Å². The predicted octanol–water partition coefficient (Wildman–Crippen LogP) is 2.49. The van der Waals surface area contributed by atoms with Crippen LogP contribution in [0.2, 0.25) is 0 Å². The number of hydrogen-bond acceptors (Lipinski definition) is 2. The van der Waals surface area contributed by atoms with Crippen molar-refractivity contribution in [3.8, 4) is 0 Å². The van der Waals surface area contributed by atoms with E-state index in [1.807, 2.05) is 34.6 Å². The Kier molecular flexibility index (Phi) is 5.04. The molecule has 89 valence electrons.